The van der Waals surface area contributed by atoms with E-state index in [2.05, 4.69) is 6.58 Å². The Labute approximate surface area is 551 Å². The maximum atomic E-state index is 16.0. The molecule has 3 atom stereocenters. The van der Waals surface area contributed by atoms with Gasteiger partial charge >= 0.3 is 23.9 Å². The topological polar surface area (TPSA) is 217 Å². The Morgan fingerprint density at radius 1 is 0.415 bits per heavy atom. The normalized spacial score (nSPS) is 13.7. The number of carbonyl (C=O) groups is 8. The first-order valence-corrected chi connectivity index (χ1v) is 31.8. The van der Waals surface area contributed by atoms with E-state index in [-0.39, 0.29) is 113 Å². The summed E-state index contributed by atoms with van der Waals surface area (Å²) in [5.41, 5.74) is 2.53. The number of fused-ring (bicyclic) bond motifs is 2. The van der Waals surface area contributed by atoms with Crippen LogP contribution < -0.4 is 18.9 Å². The van der Waals surface area contributed by atoms with Crippen LogP contribution in [0.3, 0.4) is 0 Å². The lowest BCUT2D eigenvalue weighted by molar-refractivity contribution is -0.154. The number of benzene rings is 9. The van der Waals surface area contributed by atoms with E-state index in [4.69, 9.17) is 61.1 Å². The van der Waals surface area contributed by atoms with Gasteiger partial charge in [-0.3, -0.25) is 33.8 Å². The number of nitrogens with zero attached hydrogens (tertiary/aromatic N) is 2. The van der Waals surface area contributed by atoms with Gasteiger partial charge in [-0.25, -0.2) is 14.4 Å². The minimum absolute atomic E-state index is 0.00329. The smallest absolute Gasteiger partial charge is 0.349 e. The molecule has 0 N–H and O–H groups in total. The van der Waals surface area contributed by atoms with Crippen LogP contribution in [0, 0.1) is 27.7 Å². The lowest BCUT2D eigenvalue weighted by atomic mass is 9.80. The molecule has 94 heavy (non-hydrogen) atoms. The number of hydrogen-bond donors (Lipinski definition) is 0. The molecule has 2 aliphatic rings. The zero-order chi connectivity index (χ0) is 66.8. The molecule has 0 aromatic heterocycles. The molecule has 2 aliphatic heterocycles. The van der Waals surface area contributed by atoms with Crippen molar-refractivity contribution < 1.29 is 76.3 Å². The number of unbranched alkanes of at least 4 members (excludes halogenated alkanes) is 2. The molecule has 18 nitrogen and oxygen atoms in total. The monoisotopic (exact) mass is 1310 g/mol. The first-order chi connectivity index (χ1) is 45.2. The Morgan fingerprint density at radius 2 is 0.691 bits per heavy atom. The van der Waals surface area contributed by atoms with Gasteiger partial charge in [0.05, 0.1) is 22.3 Å². The molecule has 0 saturated heterocycles. The number of hydrogen-bond acceptors (Lipinski definition) is 16. The van der Waals surface area contributed by atoms with E-state index in [0.29, 0.717) is 70.9 Å². The summed E-state index contributed by atoms with van der Waals surface area (Å²) in [5, 5.41) is 0.381. The summed E-state index contributed by atoms with van der Waals surface area (Å²) in [5.74, 6) is -5.40. The van der Waals surface area contributed by atoms with Gasteiger partial charge in [0.25, 0.3) is 23.6 Å². The quantitative estimate of drug-likeness (QED) is 0.00719. The largest absolute Gasteiger partial charge is 0.461 e. The van der Waals surface area contributed by atoms with E-state index in [1.165, 1.54) is 31.2 Å². The van der Waals surface area contributed by atoms with Gasteiger partial charge in [-0.05, 0) is 118 Å². The number of carbonyl (C=O) groups excluding carboxylic acids is 8. The molecule has 0 saturated carbocycles. The van der Waals surface area contributed by atoms with Crippen LogP contribution in [0.1, 0.15) is 123 Å². The van der Waals surface area contributed by atoms with Crippen LogP contribution in [0.25, 0.3) is 43.1 Å². The van der Waals surface area contributed by atoms with Crippen LogP contribution in [0.4, 0.5) is 0 Å². The van der Waals surface area contributed by atoms with E-state index in [1.54, 1.807) is 48.5 Å². The van der Waals surface area contributed by atoms with Crippen molar-refractivity contribution in [3.63, 3.8) is 0 Å². The van der Waals surface area contributed by atoms with Crippen molar-refractivity contribution in [2.75, 3.05) is 26.4 Å². The van der Waals surface area contributed by atoms with Gasteiger partial charge in [0.1, 0.15) is 94.9 Å². The maximum Gasteiger partial charge on any atom is 0.349 e. The summed E-state index contributed by atoms with van der Waals surface area (Å²) in [6.07, 6.45) is 1.86. The fraction of sp³-hybridized carbons (Fsp3) is 0.270. The number of para-hydroxylation sites is 4. The molecule has 0 aliphatic carbocycles. The highest BCUT2D eigenvalue weighted by molar-refractivity contribution is 6.45. The van der Waals surface area contributed by atoms with Crippen LogP contribution in [0.15, 0.2) is 133 Å². The SMILES string of the molecule is C=C(Cl)C(=O)OCCOC(=O)C(CCCC)N1C(=O)c2cc(Oc3ccccc3C)c3c4c(Oc5ccccc5C)cc5c6c(cc(Oc7ccccc7C)c(c7c(Oc8ccccc8C)cc(c2c37)C1=O)c64)C(=O)N(C(CCCC)C(=O)OCCOC(=O)C(C)Cl)C5=O. The summed E-state index contributed by atoms with van der Waals surface area (Å²) in [6.45, 7) is 14.4. The Morgan fingerprint density at radius 3 is 0.957 bits per heavy atom. The molecular formula is C74H66Cl2N2O16. The zero-order valence-electron chi connectivity index (χ0n) is 52.7. The van der Waals surface area contributed by atoms with Crippen molar-refractivity contribution in [3.05, 3.63) is 177 Å². The molecular weight excluding hydrogens is 1240 g/mol. The number of imide groups is 2. The molecule has 9 aromatic rings. The highest BCUT2D eigenvalue weighted by atomic mass is 35.5. The van der Waals surface area contributed by atoms with Crippen molar-refractivity contribution in [3.8, 4) is 46.0 Å². The molecule has 2 heterocycles. The van der Waals surface area contributed by atoms with Gasteiger partial charge in [0.2, 0.25) is 0 Å². The van der Waals surface area contributed by atoms with Gasteiger partial charge in [0.15, 0.2) is 0 Å². The molecule has 4 amide bonds. The average molecular weight is 1310 g/mol. The fourth-order valence-corrected chi connectivity index (χ4v) is 12.2. The van der Waals surface area contributed by atoms with Crippen LogP contribution in [-0.2, 0) is 38.1 Å². The summed E-state index contributed by atoms with van der Waals surface area (Å²) >= 11 is 11.7. The first kappa shape index (κ1) is 65.5. The highest BCUT2D eigenvalue weighted by Gasteiger charge is 2.47. The Kier molecular flexibility index (Phi) is 19.3. The third-order valence-corrected chi connectivity index (χ3v) is 17.1. The van der Waals surface area contributed by atoms with Crippen LogP contribution in [-0.4, -0.2) is 101 Å². The molecule has 3 unspecified atom stereocenters. The first-order valence-electron chi connectivity index (χ1n) is 31.0. The lowest BCUT2D eigenvalue weighted by Gasteiger charge is -2.35. The zero-order valence-corrected chi connectivity index (χ0v) is 54.3. The molecule has 9 aromatic carbocycles. The predicted octanol–water partition coefficient (Wildman–Crippen LogP) is 16.0. The second-order valence-electron chi connectivity index (χ2n) is 23.1. The number of halogens is 2. The Balaban J connectivity index is 1.28. The standard InChI is InChI=1S/C74H66Cl2N2O16/c1-9-11-25-49(73(85)89-33-31-87-71(83)43(7)75)77-67(79)45-35-55(91-51-27-17-13-21-39(51)3)61-63-57(93-53-29-19-15-23-41(53)5)37-47-60-48(70(82)78(69(47)81)50(26-12-10-2)74(86)90-34-32-88-72(84)44(8)76)38-58(94-54-30-20-16-24-42(54)6)64(66(60)63)62-56(92-52-28-18-14-22-40(52)4)36-46(68(77)80)59(45)65(61)62/h13-24,27-30,35-38,44,49-50H,7,9-12,25-26,31-34H2,1-6,8H3. The van der Waals surface area contributed by atoms with Gasteiger partial charge in [-0.15, -0.1) is 11.6 Å². The van der Waals surface area contributed by atoms with Crippen molar-refractivity contribution in [1.29, 1.82) is 0 Å². The van der Waals surface area contributed by atoms with Crippen molar-refractivity contribution in [2.45, 2.75) is 104 Å². The number of alkyl halides is 1. The minimum Gasteiger partial charge on any atom is -0.461 e. The van der Waals surface area contributed by atoms with Crippen LogP contribution in [0.5, 0.6) is 46.0 Å². The molecule has 0 bridgehead atoms. The predicted molar refractivity (Wildman–Crippen MR) is 354 cm³/mol. The molecule has 20 heteroatoms. The van der Waals surface area contributed by atoms with Gasteiger partial charge in [0, 0.05) is 43.1 Å². The summed E-state index contributed by atoms with van der Waals surface area (Å²) in [6, 6.07) is 32.0. The minimum atomic E-state index is -1.50. The molecule has 0 fully saturated rings. The van der Waals surface area contributed by atoms with Crippen molar-refractivity contribution >= 4 is 114 Å². The Hall–Kier alpha value is -10.0. The molecule has 0 spiro atoms. The second-order valence-corrected chi connectivity index (χ2v) is 24.2. The molecule has 482 valence electrons. The van der Waals surface area contributed by atoms with Crippen molar-refractivity contribution in [1.82, 2.24) is 9.80 Å². The highest BCUT2D eigenvalue weighted by Crippen LogP contribution is 2.58. The van der Waals surface area contributed by atoms with E-state index in [9.17, 15) is 19.2 Å². The Bertz CT molecular complexity index is 4370. The maximum absolute atomic E-state index is 16.0. The van der Waals surface area contributed by atoms with Crippen LogP contribution >= 0.6 is 23.2 Å². The number of rotatable bonds is 26. The average Bonchev–Trinajstić information content (AvgIpc) is 0.672. The van der Waals surface area contributed by atoms with Gasteiger partial charge in [-0.1, -0.05) is 131 Å². The fourth-order valence-electron chi connectivity index (χ4n) is 12.0. The van der Waals surface area contributed by atoms with Gasteiger partial charge < -0.3 is 37.9 Å². The van der Waals surface area contributed by atoms with E-state index < -0.39 is 84.8 Å². The van der Waals surface area contributed by atoms with E-state index >= 15 is 19.2 Å². The lowest BCUT2D eigenvalue weighted by Crippen LogP contribution is -2.51. The summed E-state index contributed by atoms with van der Waals surface area (Å²) in [4.78, 5) is 119. The second kappa shape index (κ2) is 27.7. The number of aryl methyl sites for hydroxylation is 4. The summed E-state index contributed by atoms with van der Waals surface area (Å²) < 4.78 is 50.4. The van der Waals surface area contributed by atoms with Crippen molar-refractivity contribution in [2.24, 2.45) is 0 Å². The van der Waals surface area contributed by atoms with Crippen LogP contribution in [0.2, 0.25) is 0 Å². The third-order valence-electron chi connectivity index (χ3n) is 16.7. The van der Waals surface area contributed by atoms with Gasteiger partial charge in [-0.2, -0.15) is 0 Å². The summed E-state index contributed by atoms with van der Waals surface area (Å²) in [7, 11) is 0. The number of amides is 4. The molecule has 11 rings (SSSR count). The number of esters is 4. The molecule has 0 radical (unpaired) electrons. The van der Waals surface area contributed by atoms with E-state index in [1.807, 2.05) is 90.1 Å². The third kappa shape index (κ3) is 12.4. The number of ether oxygens (including phenoxy) is 8. The van der Waals surface area contributed by atoms with E-state index in [0.717, 1.165) is 9.80 Å².